The Kier molecular flexibility index (Phi) is 4.84. The van der Waals surface area contributed by atoms with Gasteiger partial charge in [0.15, 0.2) is 0 Å². The third kappa shape index (κ3) is 3.41. The molecule has 0 aliphatic heterocycles. The summed E-state index contributed by atoms with van der Waals surface area (Å²) >= 11 is 0. The Morgan fingerprint density at radius 1 is 1.40 bits per heavy atom. The van der Waals surface area contributed by atoms with Crippen LogP contribution in [0.2, 0.25) is 0 Å². The summed E-state index contributed by atoms with van der Waals surface area (Å²) in [5.74, 6) is 0.680. The van der Waals surface area contributed by atoms with Gasteiger partial charge in [-0.15, -0.1) is 0 Å². The largest absolute Gasteiger partial charge is 0.350 e. The topological polar surface area (TPSA) is 46.9 Å². The Balaban J connectivity index is 1.89. The molecule has 0 spiro atoms. The van der Waals surface area contributed by atoms with E-state index in [0.717, 1.165) is 12.2 Å². The normalized spacial score (nSPS) is 17.1. The van der Waals surface area contributed by atoms with Crippen molar-refractivity contribution in [2.75, 3.05) is 0 Å². The van der Waals surface area contributed by atoms with E-state index in [1.807, 2.05) is 16.9 Å². The van der Waals surface area contributed by atoms with Crippen LogP contribution in [0, 0.1) is 11.3 Å². The fourth-order valence-corrected chi connectivity index (χ4v) is 3.08. The summed E-state index contributed by atoms with van der Waals surface area (Å²) in [6, 6.07) is 1.97. The average Bonchev–Trinajstić information content (AvgIpc) is 2.93. The lowest BCUT2D eigenvalue weighted by molar-refractivity contribution is -0.133. The van der Waals surface area contributed by atoms with E-state index in [4.69, 9.17) is 0 Å². The number of nitrogens with one attached hydrogen (secondary N) is 1. The van der Waals surface area contributed by atoms with Crippen LogP contribution >= 0.6 is 0 Å². The minimum absolute atomic E-state index is 0.162. The van der Waals surface area contributed by atoms with E-state index >= 15 is 0 Å². The number of aromatic nitrogens is 2. The first-order valence-corrected chi connectivity index (χ1v) is 7.84. The fourth-order valence-electron chi connectivity index (χ4n) is 3.08. The van der Waals surface area contributed by atoms with Gasteiger partial charge in [0, 0.05) is 18.2 Å². The minimum Gasteiger partial charge on any atom is -0.350 e. The predicted octanol–water partition coefficient (Wildman–Crippen LogP) is 3.13. The summed E-state index contributed by atoms with van der Waals surface area (Å²) in [5, 5.41) is 7.46. The Hall–Kier alpha value is -1.32. The maximum absolute atomic E-state index is 12.5. The molecule has 112 valence electrons. The van der Waals surface area contributed by atoms with Crippen molar-refractivity contribution in [3.8, 4) is 0 Å². The summed E-state index contributed by atoms with van der Waals surface area (Å²) in [5.41, 5.74) is 0.660. The van der Waals surface area contributed by atoms with Crippen molar-refractivity contribution < 1.29 is 4.79 Å². The SMILES string of the molecule is CCn1ccc(CNC(=O)C(C)(C)C2CCCCC2)n1. The van der Waals surface area contributed by atoms with Gasteiger partial charge < -0.3 is 5.32 Å². The molecule has 4 heteroatoms. The second-order valence-electron chi connectivity index (χ2n) is 6.40. The molecule has 20 heavy (non-hydrogen) atoms. The molecule has 1 amide bonds. The van der Waals surface area contributed by atoms with E-state index in [-0.39, 0.29) is 11.3 Å². The molecule has 0 atom stereocenters. The highest BCUT2D eigenvalue weighted by molar-refractivity contribution is 5.82. The third-order valence-corrected chi connectivity index (χ3v) is 4.66. The zero-order valence-electron chi connectivity index (χ0n) is 13.0. The van der Waals surface area contributed by atoms with Gasteiger partial charge in [0.05, 0.1) is 12.2 Å². The number of amides is 1. The Morgan fingerprint density at radius 3 is 2.70 bits per heavy atom. The minimum atomic E-state index is -0.270. The van der Waals surface area contributed by atoms with Crippen LogP contribution in [0.1, 0.15) is 58.6 Å². The van der Waals surface area contributed by atoms with Crippen LogP contribution in [0.3, 0.4) is 0 Å². The molecule has 1 fully saturated rings. The molecule has 2 rings (SSSR count). The van der Waals surface area contributed by atoms with Gasteiger partial charge in [0.1, 0.15) is 0 Å². The molecule has 1 heterocycles. The van der Waals surface area contributed by atoms with E-state index in [9.17, 15) is 4.79 Å². The smallest absolute Gasteiger partial charge is 0.226 e. The Morgan fingerprint density at radius 2 is 2.10 bits per heavy atom. The molecule has 0 bridgehead atoms. The highest BCUT2D eigenvalue weighted by Gasteiger charge is 2.36. The van der Waals surface area contributed by atoms with Crippen molar-refractivity contribution in [2.24, 2.45) is 11.3 Å². The Labute approximate surface area is 121 Å². The van der Waals surface area contributed by atoms with Crippen LogP contribution in [-0.2, 0) is 17.9 Å². The molecule has 0 saturated heterocycles. The van der Waals surface area contributed by atoms with Gasteiger partial charge in [-0.3, -0.25) is 9.48 Å². The summed E-state index contributed by atoms with van der Waals surface area (Å²) in [7, 11) is 0. The maximum Gasteiger partial charge on any atom is 0.226 e. The molecule has 0 aromatic carbocycles. The zero-order valence-corrected chi connectivity index (χ0v) is 13.0. The fraction of sp³-hybridized carbons (Fsp3) is 0.750. The summed E-state index contributed by atoms with van der Waals surface area (Å²) in [4.78, 5) is 12.5. The number of carbonyl (C=O) groups excluding carboxylic acids is 1. The van der Waals surface area contributed by atoms with Crippen molar-refractivity contribution in [3.63, 3.8) is 0 Å². The van der Waals surface area contributed by atoms with Gasteiger partial charge in [-0.25, -0.2) is 0 Å². The molecule has 0 unspecified atom stereocenters. The van der Waals surface area contributed by atoms with Crippen LogP contribution in [0.25, 0.3) is 0 Å². The van der Waals surface area contributed by atoms with Crippen molar-refractivity contribution >= 4 is 5.91 Å². The highest BCUT2D eigenvalue weighted by Crippen LogP contribution is 2.38. The molecular formula is C16H27N3O. The summed E-state index contributed by atoms with van der Waals surface area (Å²) in [6.45, 7) is 7.62. The first kappa shape index (κ1) is 15.1. The van der Waals surface area contributed by atoms with Gasteiger partial charge in [0.2, 0.25) is 5.91 Å². The molecule has 1 aliphatic rings. The second-order valence-corrected chi connectivity index (χ2v) is 6.40. The molecule has 1 aromatic rings. The van der Waals surface area contributed by atoms with Gasteiger partial charge in [-0.1, -0.05) is 33.1 Å². The van der Waals surface area contributed by atoms with Crippen molar-refractivity contribution in [2.45, 2.75) is 66.0 Å². The zero-order chi connectivity index (χ0) is 14.6. The lowest BCUT2D eigenvalue weighted by Crippen LogP contribution is -2.42. The van der Waals surface area contributed by atoms with E-state index in [2.05, 4.69) is 31.2 Å². The van der Waals surface area contributed by atoms with Gasteiger partial charge in [0.25, 0.3) is 0 Å². The summed E-state index contributed by atoms with van der Waals surface area (Å²) in [6.07, 6.45) is 8.18. The number of aryl methyl sites for hydroxylation is 1. The van der Waals surface area contributed by atoms with Gasteiger partial charge in [-0.05, 0) is 31.7 Å². The number of rotatable bonds is 5. The van der Waals surface area contributed by atoms with Crippen LogP contribution in [0.15, 0.2) is 12.3 Å². The first-order chi connectivity index (χ1) is 9.54. The van der Waals surface area contributed by atoms with Crippen LogP contribution < -0.4 is 5.32 Å². The van der Waals surface area contributed by atoms with E-state index in [0.29, 0.717) is 12.5 Å². The number of hydrogen-bond donors (Lipinski definition) is 1. The van der Waals surface area contributed by atoms with E-state index < -0.39 is 0 Å². The molecule has 4 nitrogen and oxygen atoms in total. The quantitative estimate of drug-likeness (QED) is 0.899. The lowest BCUT2D eigenvalue weighted by atomic mass is 9.70. The van der Waals surface area contributed by atoms with Crippen molar-refractivity contribution in [3.05, 3.63) is 18.0 Å². The van der Waals surface area contributed by atoms with Crippen molar-refractivity contribution in [1.82, 2.24) is 15.1 Å². The van der Waals surface area contributed by atoms with Gasteiger partial charge >= 0.3 is 0 Å². The Bertz CT molecular complexity index is 444. The average molecular weight is 277 g/mol. The lowest BCUT2D eigenvalue weighted by Gasteiger charge is -2.35. The number of hydrogen-bond acceptors (Lipinski definition) is 2. The molecule has 0 radical (unpaired) electrons. The monoisotopic (exact) mass is 277 g/mol. The van der Waals surface area contributed by atoms with Gasteiger partial charge in [-0.2, -0.15) is 5.10 Å². The molecule has 1 saturated carbocycles. The van der Waals surface area contributed by atoms with E-state index in [1.54, 1.807) is 0 Å². The third-order valence-electron chi connectivity index (χ3n) is 4.66. The molecule has 1 aliphatic carbocycles. The number of nitrogens with zero attached hydrogens (tertiary/aromatic N) is 2. The highest BCUT2D eigenvalue weighted by atomic mass is 16.2. The first-order valence-electron chi connectivity index (χ1n) is 7.84. The van der Waals surface area contributed by atoms with Crippen LogP contribution in [0.5, 0.6) is 0 Å². The standard InChI is InChI=1S/C16H27N3O/c1-4-19-11-10-14(18-19)12-17-15(20)16(2,3)13-8-6-5-7-9-13/h10-11,13H,4-9,12H2,1-3H3,(H,17,20). The van der Waals surface area contributed by atoms with E-state index in [1.165, 1.54) is 32.1 Å². The van der Waals surface area contributed by atoms with Crippen molar-refractivity contribution in [1.29, 1.82) is 0 Å². The second kappa shape index (κ2) is 6.42. The summed E-state index contributed by atoms with van der Waals surface area (Å²) < 4.78 is 1.88. The molecule has 1 aromatic heterocycles. The molecule has 1 N–H and O–H groups in total. The predicted molar refractivity (Wildman–Crippen MR) is 80.1 cm³/mol. The van der Waals surface area contributed by atoms with Crippen LogP contribution in [0.4, 0.5) is 0 Å². The van der Waals surface area contributed by atoms with Crippen LogP contribution in [-0.4, -0.2) is 15.7 Å². The maximum atomic E-state index is 12.5. The molecular weight excluding hydrogens is 250 g/mol. The number of carbonyl (C=O) groups is 1.